The number of rotatable bonds is 4. The van der Waals surface area contributed by atoms with Gasteiger partial charge in [-0.05, 0) is 31.9 Å². The van der Waals surface area contributed by atoms with E-state index in [9.17, 15) is 4.79 Å². The molecule has 0 amide bonds. The normalized spacial score (nSPS) is 23.1. The van der Waals surface area contributed by atoms with Crippen molar-refractivity contribution in [1.82, 2.24) is 10.3 Å². The summed E-state index contributed by atoms with van der Waals surface area (Å²) < 4.78 is 10.1. The average Bonchev–Trinajstić information content (AvgIpc) is 2.45. The van der Waals surface area contributed by atoms with Gasteiger partial charge in [0.15, 0.2) is 0 Å². The lowest BCUT2D eigenvalue weighted by Crippen LogP contribution is -2.37. The number of pyridine rings is 1. The van der Waals surface area contributed by atoms with E-state index in [1.54, 1.807) is 12.3 Å². The molecule has 1 saturated heterocycles. The highest BCUT2D eigenvalue weighted by atomic mass is 16.5. The minimum atomic E-state index is -0.356. The van der Waals surface area contributed by atoms with Crippen molar-refractivity contribution < 1.29 is 14.3 Å². The summed E-state index contributed by atoms with van der Waals surface area (Å²) in [6.45, 7) is 3.61. The van der Waals surface area contributed by atoms with Crippen LogP contribution in [-0.4, -0.2) is 36.8 Å². The van der Waals surface area contributed by atoms with Crippen molar-refractivity contribution in [3.05, 3.63) is 29.6 Å². The molecule has 0 spiro atoms. The van der Waals surface area contributed by atoms with Crippen LogP contribution in [0.4, 0.5) is 0 Å². The molecule has 104 valence electrons. The van der Waals surface area contributed by atoms with Crippen LogP contribution in [0.25, 0.3) is 0 Å². The highest BCUT2D eigenvalue weighted by molar-refractivity contribution is 5.88. The number of nitrogens with one attached hydrogen (secondary N) is 1. The molecule has 5 nitrogen and oxygen atoms in total. The molecule has 2 unspecified atom stereocenters. The summed E-state index contributed by atoms with van der Waals surface area (Å²) in [5.74, 6) is -0.356. The molecule has 1 aromatic rings. The maximum absolute atomic E-state index is 11.3. The van der Waals surface area contributed by atoms with Gasteiger partial charge >= 0.3 is 5.97 Å². The molecule has 5 heteroatoms. The van der Waals surface area contributed by atoms with Gasteiger partial charge in [-0.2, -0.15) is 0 Å². The van der Waals surface area contributed by atoms with Crippen molar-refractivity contribution in [2.45, 2.75) is 38.5 Å². The fourth-order valence-electron chi connectivity index (χ4n) is 2.20. The predicted molar refractivity (Wildman–Crippen MR) is 70.9 cm³/mol. The van der Waals surface area contributed by atoms with Crippen molar-refractivity contribution in [1.29, 1.82) is 0 Å². The molecule has 0 bridgehead atoms. The molecular weight excluding hydrogens is 244 g/mol. The van der Waals surface area contributed by atoms with E-state index in [1.165, 1.54) is 7.11 Å². The third-order valence-electron chi connectivity index (χ3n) is 3.30. The van der Waals surface area contributed by atoms with E-state index in [-0.39, 0.29) is 5.97 Å². The van der Waals surface area contributed by atoms with Crippen LogP contribution in [0.1, 0.15) is 35.8 Å². The Hall–Kier alpha value is -1.46. The minimum Gasteiger partial charge on any atom is -0.465 e. The number of carbonyl (C=O) groups excluding carboxylic acids is 1. The fourth-order valence-corrected chi connectivity index (χ4v) is 2.20. The van der Waals surface area contributed by atoms with Gasteiger partial charge in [0.05, 0.1) is 24.5 Å². The number of esters is 1. The van der Waals surface area contributed by atoms with Gasteiger partial charge in [0, 0.05) is 25.4 Å². The fraction of sp³-hybridized carbons (Fsp3) is 0.571. The maximum Gasteiger partial charge on any atom is 0.339 e. The Labute approximate surface area is 113 Å². The van der Waals surface area contributed by atoms with E-state index in [2.05, 4.69) is 22.0 Å². The Balaban J connectivity index is 1.84. The van der Waals surface area contributed by atoms with Gasteiger partial charge in [0.2, 0.25) is 0 Å². The Morgan fingerprint density at radius 1 is 1.58 bits per heavy atom. The summed E-state index contributed by atoms with van der Waals surface area (Å²) in [7, 11) is 1.37. The molecule has 2 heterocycles. The first-order chi connectivity index (χ1) is 9.19. The number of hydrogen-bond donors (Lipinski definition) is 1. The van der Waals surface area contributed by atoms with Crippen LogP contribution < -0.4 is 5.32 Å². The topological polar surface area (TPSA) is 60.5 Å². The summed E-state index contributed by atoms with van der Waals surface area (Å²) in [4.78, 5) is 15.5. The van der Waals surface area contributed by atoms with E-state index in [0.29, 0.717) is 24.3 Å². The van der Waals surface area contributed by atoms with Crippen LogP contribution in [0, 0.1) is 0 Å². The molecule has 0 saturated carbocycles. The third kappa shape index (κ3) is 4.01. The van der Waals surface area contributed by atoms with Crippen molar-refractivity contribution in [2.24, 2.45) is 0 Å². The van der Waals surface area contributed by atoms with Crippen LogP contribution in [0.15, 0.2) is 18.3 Å². The van der Waals surface area contributed by atoms with Crippen LogP contribution in [0.3, 0.4) is 0 Å². The number of ether oxygens (including phenoxy) is 2. The molecule has 1 aromatic heterocycles. The minimum absolute atomic E-state index is 0.320. The number of nitrogens with zero attached hydrogens (tertiary/aromatic N) is 1. The Morgan fingerprint density at radius 3 is 3.05 bits per heavy atom. The average molecular weight is 264 g/mol. The summed E-state index contributed by atoms with van der Waals surface area (Å²) >= 11 is 0. The molecule has 1 aliphatic heterocycles. The molecule has 0 aromatic carbocycles. The first-order valence-electron chi connectivity index (χ1n) is 6.57. The quantitative estimate of drug-likeness (QED) is 0.836. The van der Waals surface area contributed by atoms with Crippen molar-refractivity contribution >= 4 is 5.97 Å². The Bertz CT molecular complexity index is 419. The molecule has 2 rings (SSSR count). The molecule has 0 radical (unpaired) electrons. The van der Waals surface area contributed by atoms with Crippen molar-refractivity contribution in [3.8, 4) is 0 Å². The maximum atomic E-state index is 11.3. The van der Waals surface area contributed by atoms with Gasteiger partial charge in [-0.15, -0.1) is 0 Å². The van der Waals surface area contributed by atoms with E-state index in [1.807, 2.05) is 6.07 Å². The zero-order valence-corrected chi connectivity index (χ0v) is 11.4. The Morgan fingerprint density at radius 2 is 2.42 bits per heavy atom. The smallest absolute Gasteiger partial charge is 0.339 e. The number of aromatic nitrogens is 1. The van der Waals surface area contributed by atoms with Gasteiger partial charge in [-0.3, -0.25) is 4.98 Å². The van der Waals surface area contributed by atoms with E-state index in [4.69, 9.17) is 4.74 Å². The van der Waals surface area contributed by atoms with Crippen LogP contribution >= 0.6 is 0 Å². The zero-order chi connectivity index (χ0) is 13.7. The lowest BCUT2D eigenvalue weighted by molar-refractivity contribution is 0.0130. The summed E-state index contributed by atoms with van der Waals surface area (Å²) in [6.07, 6.45) is 3.93. The monoisotopic (exact) mass is 264 g/mol. The van der Waals surface area contributed by atoms with E-state index >= 15 is 0 Å². The largest absolute Gasteiger partial charge is 0.465 e. The number of hydrogen-bond acceptors (Lipinski definition) is 5. The van der Waals surface area contributed by atoms with Gasteiger partial charge in [-0.25, -0.2) is 4.79 Å². The lowest BCUT2D eigenvalue weighted by Gasteiger charge is -2.27. The van der Waals surface area contributed by atoms with E-state index < -0.39 is 0 Å². The predicted octanol–water partition coefficient (Wildman–Crippen LogP) is 1.53. The molecular formula is C14H20N2O3. The van der Waals surface area contributed by atoms with E-state index in [0.717, 1.165) is 25.1 Å². The molecule has 1 aliphatic rings. The molecule has 2 atom stereocenters. The van der Waals surface area contributed by atoms with Crippen LogP contribution in [0.5, 0.6) is 0 Å². The molecule has 0 aliphatic carbocycles. The van der Waals surface area contributed by atoms with Crippen LogP contribution in [0.2, 0.25) is 0 Å². The number of carbonyl (C=O) groups is 1. The number of methoxy groups -OCH3 is 1. The highest BCUT2D eigenvalue weighted by Gasteiger charge is 2.18. The first-order valence-corrected chi connectivity index (χ1v) is 6.57. The molecule has 1 fully saturated rings. The van der Waals surface area contributed by atoms with Crippen molar-refractivity contribution in [3.63, 3.8) is 0 Å². The van der Waals surface area contributed by atoms with Crippen molar-refractivity contribution in [2.75, 3.05) is 13.7 Å². The Kier molecular flexibility index (Phi) is 4.87. The highest BCUT2D eigenvalue weighted by Crippen LogP contribution is 2.13. The first kappa shape index (κ1) is 14.0. The molecule has 19 heavy (non-hydrogen) atoms. The summed E-state index contributed by atoms with van der Waals surface area (Å²) in [6, 6.07) is 4.07. The van der Waals surface area contributed by atoms with Gasteiger partial charge in [-0.1, -0.05) is 0 Å². The third-order valence-corrected chi connectivity index (χ3v) is 3.30. The summed E-state index contributed by atoms with van der Waals surface area (Å²) in [5.41, 5.74) is 1.40. The summed E-state index contributed by atoms with van der Waals surface area (Å²) in [5, 5.41) is 3.47. The lowest BCUT2D eigenvalue weighted by atomic mass is 10.0. The van der Waals surface area contributed by atoms with Gasteiger partial charge in [0.25, 0.3) is 0 Å². The second kappa shape index (κ2) is 6.63. The zero-order valence-electron chi connectivity index (χ0n) is 11.4. The second-order valence-corrected chi connectivity index (χ2v) is 4.81. The van der Waals surface area contributed by atoms with Gasteiger partial charge < -0.3 is 14.8 Å². The second-order valence-electron chi connectivity index (χ2n) is 4.81. The van der Waals surface area contributed by atoms with Crippen LogP contribution in [-0.2, 0) is 16.0 Å². The SMILES string of the molecule is COC(=O)c1ccc(CNC2CCOC(C)C2)nc1. The molecule has 1 N–H and O–H groups in total. The standard InChI is InChI=1S/C14H20N2O3/c1-10-7-12(5-6-19-10)16-9-13-4-3-11(8-15-13)14(17)18-2/h3-4,8,10,12,16H,5-7,9H2,1-2H3. The van der Waals surface area contributed by atoms with Gasteiger partial charge in [0.1, 0.15) is 0 Å².